The molecule has 56 valence electrons. The highest BCUT2D eigenvalue weighted by molar-refractivity contribution is 9.11. The molecule has 1 aliphatic rings. The second-order valence-corrected chi connectivity index (χ2v) is 3.38. The molecule has 1 atom stereocenters. The maximum atomic E-state index is 10.2. The van der Waals surface area contributed by atoms with Gasteiger partial charge in [-0.2, -0.15) is 0 Å². The van der Waals surface area contributed by atoms with E-state index < -0.39 is 0 Å². The molecule has 0 bridgehead atoms. The van der Waals surface area contributed by atoms with Gasteiger partial charge < -0.3 is 0 Å². The highest BCUT2D eigenvalue weighted by atomic mass is 79.9. The van der Waals surface area contributed by atoms with Crippen molar-refractivity contribution in [1.82, 2.24) is 0 Å². The lowest BCUT2D eigenvalue weighted by molar-refractivity contribution is -0.523. The third-order valence-electron chi connectivity index (χ3n) is 1.63. The summed E-state index contributed by atoms with van der Waals surface area (Å²) in [6.07, 6.45) is 3.94. The minimum absolute atomic E-state index is 0.198. The van der Waals surface area contributed by atoms with Crippen LogP contribution in [0.25, 0.3) is 0 Å². The Bertz CT molecular complexity index is 179. The molecular formula is C6H8BrNO2. The summed E-state index contributed by atoms with van der Waals surface area (Å²) in [7, 11) is 0. The second-order valence-electron chi connectivity index (χ2n) is 2.36. The van der Waals surface area contributed by atoms with Gasteiger partial charge in [-0.25, -0.2) is 0 Å². The van der Waals surface area contributed by atoms with Crippen molar-refractivity contribution in [3.05, 3.63) is 20.7 Å². The largest absolute Gasteiger partial charge is 0.264 e. The van der Waals surface area contributed by atoms with Crippen LogP contribution in [0.3, 0.4) is 0 Å². The standard InChI is InChI=1S/C6H8BrNO2/c7-5-1-3-6(4-2-5)8(9)10/h1,6H,2-4H2. The number of nitrogens with zero attached hydrogens (tertiary/aromatic N) is 1. The predicted octanol–water partition coefficient (Wildman–Crippen LogP) is 2.09. The molecule has 0 aliphatic heterocycles. The SMILES string of the molecule is O=[N+]([O-])C1CC=C(Br)CC1. The quantitative estimate of drug-likeness (QED) is 0.487. The fraction of sp³-hybridized carbons (Fsp3) is 0.667. The number of halogens is 1. The summed E-state index contributed by atoms with van der Waals surface area (Å²) in [5, 5.41) is 10.2. The third kappa shape index (κ3) is 1.80. The van der Waals surface area contributed by atoms with Crippen LogP contribution in [-0.2, 0) is 0 Å². The molecule has 1 unspecified atom stereocenters. The van der Waals surface area contributed by atoms with E-state index in [0.29, 0.717) is 12.8 Å². The summed E-state index contributed by atoms with van der Waals surface area (Å²) in [5.41, 5.74) is 0. The Balaban J connectivity index is 2.50. The van der Waals surface area contributed by atoms with Crippen molar-refractivity contribution in [3.8, 4) is 0 Å². The molecule has 0 saturated heterocycles. The topological polar surface area (TPSA) is 43.1 Å². The van der Waals surface area contributed by atoms with Crippen LogP contribution in [0.2, 0.25) is 0 Å². The first-order valence-electron chi connectivity index (χ1n) is 3.18. The Hall–Kier alpha value is -0.380. The molecule has 0 amide bonds. The summed E-state index contributed by atoms with van der Waals surface area (Å²) in [4.78, 5) is 10.0. The van der Waals surface area contributed by atoms with Gasteiger partial charge in [0.15, 0.2) is 0 Å². The predicted molar refractivity (Wildman–Crippen MR) is 41.6 cm³/mol. The molecule has 1 rings (SSSR count). The fourth-order valence-corrected chi connectivity index (χ4v) is 1.40. The van der Waals surface area contributed by atoms with Crippen LogP contribution in [-0.4, -0.2) is 11.0 Å². The summed E-state index contributed by atoms with van der Waals surface area (Å²) >= 11 is 3.30. The van der Waals surface area contributed by atoms with Gasteiger partial charge in [0.1, 0.15) is 0 Å². The Morgan fingerprint density at radius 3 is 2.90 bits per heavy atom. The second kappa shape index (κ2) is 3.14. The molecule has 4 heteroatoms. The summed E-state index contributed by atoms with van der Waals surface area (Å²) in [6.45, 7) is 0. The molecule has 0 aromatic carbocycles. The van der Waals surface area contributed by atoms with Gasteiger partial charge in [-0.05, 0) is 10.9 Å². The lowest BCUT2D eigenvalue weighted by Crippen LogP contribution is -2.20. The van der Waals surface area contributed by atoms with Crippen LogP contribution in [0.15, 0.2) is 10.6 Å². The van der Waals surface area contributed by atoms with Crippen molar-refractivity contribution in [2.45, 2.75) is 25.3 Å². The molecule has 10 heavy (non-hydrogen) atoms. The molecule has 0 saturated carbocycles. The molecule has 0 heterocycles. The van der Waals surface area contributed by atoms with E-state index in [-0.39, 0.29) is 11.0 Å². The number of hydrogen-bond acceptors (Lipinski definition) is 2. The van der Waals surface area contributed by atoms with Crippen LogP contribution in [0.1, 0.15) is 19.3 Å². The Morgan fingerprint density at radius 2 is 2.50 bits per heavy atom. The average molecular weight is 206 g/mol. The zero-order valence-electron chi connectivity index (χ0n) is 5.42. The van der Waals surface area contributed by atoms with Crippen LogP contribution >= 0.6 is 15.9 Å². The van der Waals surface area contributed by atoms with Crippen molar-refractivity contribution < 1.29 is 4.92 Å². The normalized spacial score (nSPS) is 25.7. The number of rotatable bonds is 1. The van der Waals surface area contributed by atoms with Gasteiger partial charge in [-0.1, -0.05) is 22.0 Å². The highest BCUT2D eigenvalue weighted by Gasteiger charge is 2.21. The molecule has 0 N–H and O–H groups in total. The van der Waals surface area contributed by atoms with Gasteiger partial charge in [-0.3, -0.25) is 10.1 Å². The van der Waals surface area contributed by atoms with Gasteiger partial charge in [0.05, 0.1) is 0 Å². The average Bonchev–Trinajstić information content (AvgIpc) is 1.88. The molecule has 0 spiro atoms. The number of nitro groups is 1. The summed E-state index contributed by atoms with van der Waals surface area (Å²) < 4.78 is 1.10. The van der Waals surface area contributed by atoms with E-state index in [1.807, 2.05) is 6.08 Å². The van der Waals surface area contributed by atoms with E-state index in [9.17, 15) is 10.1 Å². The van der Waals surface area contributed by atoms with Crippen LogP contribution in [0.4, 0.5) is 0 Å². The molecule has 1 aliphatic carbocycles. The Labute approximate surface area is 67.4 Å². The molecule has 0 aromatic rings. The van der Waals surface area contributed by atoms with Crippen LogP contribution in [0.5, 0.6) is 0 Å². The van der Waals surface area contributed by atoms with Gasteiger partial charge >= 0.3 is 0 Å². The van der Waals surface area contributed by atoms with Crippen LogP contribution in [0, 0.1) is 10.1 Å². The first-order chi connectivity index (χ1) is 4.70. The number of allylic oxidation sites excluding steroid dienone is 1. The van der Waals surface area contributed by atoms with Gasteiger partial charge in [-0.15, -0.1) is 0 Å². The van der Waals surface area contributed by atoms with Crippen LogP contribution < -0.4 is 0 Å². The van der Waals surface area contributed by atoms with E-state index in [2.05, 4.69) is 15.9 Å². The van der Waals surface area contributed by atoms with Crippen molar-refractivity contribution in [1.29, 1.82) is 0 Å². The lowest BCUT2D eigenvalue weighted by atomic mass is 10.0. The zero-order chi connectivity index (χ0) is 7.56. The lowest BCUT2D eigenvalue weighted by Gasteiger charge is -2.11. The number of hydrogen-bond donors (Lipinski definition) is 0. The zero-order valence-corrected chi connectivity index (χ0v) is 7.00. The Morgan fingerprint density at radius 1 is 1.80 bits per heavy atom. The molecule has 3 nitrogen and oxygen atoms in total. The van der Waals surface area contributed by atoms with Crippen molar-refractivity contribution >= 4 is 15.9 Å². The van der Waals surface area contributed by atoms with Crippen molar-refractivity contribution in [2.75, 3.05) is 0 Å². The molecular weight excluding hydrogens is 198 g/mol. The minimum Gasteiger partial charge on any atom is -0.264 e. The van der Waals surface area contributed by atoms with E-state index in [0.717, 1.165) is 10.9 Å². The highest BCUT2D eigenvalue weighted by Crippen LogP contribution is 2.23. The summed E-state index contributed by atoms with van der Waals surface area (Å²) in [5.74, 6) is 0. The Kier molecular flexibility index (Phi) is 2.43. The first-order valence-corrected chi connectivity index (χ1v) is 3.97. The van der Waals surface area contributed by atoms with E-state index >= 15 is 0 Å². The van der Waals surface area contributed by atoms with E-state index in [1.165, 1.54) is 0 Å². The molecule has 0 radical (unpaired) electrons. The monoisotopic (exact) mass is 205 g/mol. The molecule has 0 fully saturated rings. The first kappa shape index (κ1) is 7.72. The maximum absolute atomic E-state index is 10.2. The third-order valence-corrected chi connectivity index (χ3v) is 2.35. The fourth-order valence-electron chi connectivity index (χ4n) is 0.980. The minimum atomic E-state index is -0.346. The van der Waals surface area contributed by atoms with E-state index in [1.54, 1.807) is 0 Å². The molecule has 0 aromatic heterocycles. The smallest absolute Gasteiger partial charge is 0.216 e. The van der Waals surface area contributed by atoms with Gasteiger partial charge in [0.2, 0.25) is 6.04 Å². The maximum Gasteiger partial charge on any atom is 0.216 e. The van der Waals surface area contributed by atoms with Gasteiger partial charge in [0.25, 0.3) is 0 Å². The van der Waals surface area contributed by atoms with Gasteiger partial charge in [0, 0.05) is 17.8 Å². The van der Waals surface area contributed by atoms with E-state index in [4.69, 9.17) is 0 Å². The summed E-state index contributed by atoms with van der Waals surface area (Å²) in [6, 6.07) is -0.346. The van der Waals surface area contributed by atoms with Crippen molar-refractivity contribution in [3.63, 3.8) is 0 Å². The van der Waals surface area contributed by atoms with Crippen molar-refractivity contribution in [2.24, 2.45) is 0 Å².